The molecule has 14 heavy (non-hydrogen) atoms. The zero-order chi connectivity index (χ0) is 10.7. The monoisotopic (exact) mass is 199 g/mol. The summed E-state index contributed by atoms with van der Waals surface area (Å²) >= 11 is 0. The Bertz CT molecular complexity index is 323. The molecule has 0 amide bonds. The Kier molecular flexibility index (Phi) is 3.58. The lowest BCUT2D eigenvalue weighted by atomic mass is 10.0. The van der Waals surface area contributed by atoms with Crippen LogP contribution in [0, 0.1) is 18.6 Å². The minimum Gasteiger partial charge on any atom is -0.324 e. The van der Waals surface area contributed by atoms with Gasteiger partial charge in [-0.05, 0) is 18.9 Å². The minimum absolute atomic E-state index is 0.273. The van der Waals surface area contributed by atoms with Crippen molar-refractivity contribution in [3.63, 3.8) is 0 Å². The number of halogens is 2. The summed E-state index contributed by atoms with van der Waals surface area (Å²) in [6, 6.07) is 2.72. The molecule has 0 spiro atoms. The molecule has 1 atom stereocenters. The average molecular weight is 199 g/mol. The first kappa shape index (κ1) is 11.1. The highest BCUT2D eigenvalue weighted by molar-refractivity contribution is 5.27. The Labute approximate surface area is 82.9 Å². The van der Waals surface area contributed by atoms with Crippen LogP contribution in [-0.4, -0.2) is 0 Å². The van der Waals surface area contributed by atoms with Crippen LogP contribution in [0.2, 0.25) is 0 Å². The van der Waals surface area contributed by atoms with E-state index in [0.29, 0.717) is 12.0 Å². The first-order valence-corrected chi connectivity index (χ1v) is 4.78. The van der Waals surface area contributed by atoms with E-state index in [2.05, 4.69) is 0 Å². The zero-order valence-electron chi connectivity index (χ0n) is 8.48. The van der Waals surface area contributed by atoms with E-state index in [-0.39, 0.29) is 5.56 Å². The summed E-state index contributed by atoms with van der Waals surface area (Å²) in [5, 5.41) is 0. The van der Waals surface area contributed by atoms with Crippen molar-refractivity contribution in [1.29, 1.82) is 0 Å². The van der Waals surface area contributed by atoms with Gasteiger partial charge < -0.3 is 5.73 Å². The smallest absolute Gasteiger partial charge is 0.163 e. The number of nitrogens with two attached hydrogens (primary N) is 1. The normalized spacial score (nSPS) is 12.9. The lowest BCUT2D eigenvalue weighted by molar-refractivity contribution is 0.478. The zero-order valence-corrected chi connectivity index (χ0v) is 8.48. The third-order valence-corrected chi connectivity index (χ3v) is 2.30. The van der Waals surface area contributed by atoms with Crippen molar-refractivity contribution in [2.45, 2.75) is 32.7 Å². The number of rotatable bonds is 3. The van der Waals surface area contributed by atoms with Crippen molar-refractivity contribution in [2.24, 2.45) is 5.73 Å². The van der Waals surface area contributed by atoms with E-state index in [1.54, 1.807) is 12.1 Å². The van der Waals surface area contributed by atoms with E-state index in [1.807, 2.05) is 6.92 Å². The Balaban J connectivity index is 3.04. The molecular formula is C11H15F2N. The fraction of sp³-hybridized carbons (Fsp3) is 0.455. The molecule has 1 nitrogen and oxygen atoms in total. The van der Waals surface area contributed by atoms with Gasteiger partial charge in [-0.25, -0.2) is 8.78 Å². The van der Waals surface area contributed by atoms with Crippen LogP contribution in [0.5, 0.6) is 0 Å². The Morgan fingerprint density at radius 1 is 1.29 bits per heavy atom. The van der Waals surface area contributed by atoms with Gasteiger partial charge >= 0.3 is 0 Å². The molecule has 0 aliphatic rings. The summed E-state index contributed by atoms with van der Waals surface area (Å²) < 4.78 is 26.5. The molecule has 78 valence electrons. The van der Waals surface area contributed by atoms with E-state index in [4.69, 9.17) is 5.73 Å². The molecule has 2 N–H and O–H groups in total. The van der Waals surface area contributed by atoms with Crippen LogP contribution >= 0.6 is 0 Å². The van der Waals surface area contributed by atoms with Crippen LogP contribution in [0.15, 0.2) is 12.1 Å². The standard InChI is InChI=1S/C11H15F2N/c1-3-4-9(14)8-6-5-7(2)10(12)11(8)13/h5-6,9H,3-4,14H2,1-2H3. The quantitative estimate of drug-likeness (QED) is 0.795. The van der Waals surface area contributed by atoms with Gasteiger partial charge in [0, 0.05) is 11.6 Å². The molecular weight excluding hydrogens is 184 g/mol. The first-order valence-electron chi connectivity index (χ1n) is 4.78. The molecule has 0 heterocycles. The van der Waals surface area contributed by atoms with E-state index < -0.39 is 17.7 Å². The Morgan fingerprint density at radius 3 is 2.50 bits per heavy atom. The summed E-state index contributed by atoms with van der Waals surface area (Å²) in [7, 11) is 0. The molecule has 0 aliphatic carbocycles. The van der Waals surface area contributed by atoms with E-state index >= 15 is 0 Å². The average Bonchev–Trinajstić information content (AvgIpc) is 2.15. The van der Waals surface area contributed by atoms with Crippen LogP contribution in [0.1, 0.15) is 36.9 Å². The van der Waals surface area contributed by atoms with Gasteiger partial charge in [0.15, 0.2) is 11.6 Å². The van der Waals surface area contributed by atoms with Crippen LogP contribution in [0.25, 0.3) is 0 Å². The first-order chi connectivity index (χ1) is 6.57. The van der Waals surface area contributed by atoms with Gasteiger partial charge in [0.1, 0.15) is 0 Å². The van der Waals surface area contributed by atoms with Crippen LogP contribution < -0.4 is 5.73 Å². The van der Waals surface area contributed by atoms with E-state index in [9.17, 15) is 8.78 Å². The molecule has 1 aromatic carbocycles. The van der Waals surface area contributed by atoms with Gasteiger partial charge in [-0.15, -0.1) is 0 Å². The van der Waals surface area contributed by atoms with Gasteiger partial charge in [-0.2, -0.15) is 0 Å². The molecule has 1 aromatic rings. The van der Waals surface area contributed by atoms with Gasteiger partial charge in [-0.3, -0.25) is 0 Å². The molecule has 0 radical (unpaired) electrons. The highest BCUT2D eigenvalue weighted by atomic mass is 19.2. The van der Waals surface area contributed by atoms with Crippen molar-refractivity contribution in [3.8, 4) is 0 Å². The summed E-state index contributed by atoms with van der Waals surface area (Å²) in [5.74, 6) is -1.58. The predicted octanol–water partition coefficient (Wildman–Crippen LogP) is 3.07. The molecule has 0 aromatic heterocycles. The molecule has 1 unspecified atom stereocenters. The SMILES string of the molecule is CCCC(N)c1ccc(C)c(F)c1F. The molecule has 0 saturated heterocycles. The Morgan fingerprint density at radius 2 is 1.93 bits per heavy atom. The summed E-state index contributed by atoms with van der Waals surface area (Å²) in [4.78, 5) is 0. The van der Waals surface area contributed by atoms with E-state index in [0.717, 1.165) is 6.42 Å². The molecule has 3 heteroatoms. The molecule has 0 fully saturated rings. The number of hydrogen-bond acceptors (Lipinski definition) is 1. The summed E-state index contributed by atoms with van der Waals surface area (Å²) in [6.45, 7) is 3.50. The highest BCUT2D eigenvalue weighted by Gasteiger charge is 2.15. The summed E-state index contributed by atoms with van der Waals surface area (Å²) in [5.41, 5.74) is 6.31. The van der Waals surface area contributed by atoms with Crippen LogP contribution in [0.4, 0.5) is 8.78 Å². The highest BCUT2D eigenvalue weighted by Crippen LogP contribution is 2.22. The topological polar surface area (TPSA) is 26.0 Å². The predicted molar refractivity (Wildman–Crippen MR) is 52.9 cm³/mol. The van der Waals surface area contributed by atoms with E-state index in [1.165, 1.54) is 6.92 Å². The second-order valence-electron chi connectivity index (χ2n) is 3.49. The number of benzene rings is 1. The van der Waals surface area contributed by atoms with Crippen molar-refractivity contribution < 1.29 is 8.78 Å². The van der Waals surface area contributed by atoms with Crippen LogP contribution in [-0.2, 0) is 0 Å². The maximum Gasteiger partial charge on any atom is 0.163 e. The molecule has 1 rings (SSSR count). The third kappa shape index (κ3) is 2.10. The fourth-order valence-electron chi connectivity index (χ4n) is 1.41. The number of aryl methyl sites for hydroxylation is 1. The maximum atomic E-state index is 13.4. The Hall–Kier alpha value is -0.960. The van der Waals surface area contributed by atoms with Crippen LogP contribution in [0.3, 0.4) is 0 Å². The largest absolute Gasteiger partial charge is 0.324 e. The third-order valence-electron chi connectivity index (χ3n) is 2.30. The van der Waals surface area contributed by atoms with Crippen molar-refractivity contribution in [1.82, 2.24) is 0 Å². The van der Waals surface area contributed by atoms with Gasteiger partial charge in [0.25, 0.3) is 0 Å². The van der Waals surface area contributed by atoms with Crippen molar-refractivity contribution in [3.05, 3.63) is 34.9 Å². The second kappa shape index (κ2) is 4.51. The number of hydrogen-bond donors (Lipinski definition) is 1. The maximum absolute atomic E-state index is 13.4. The van der Waals surface area contributed by atoms with Gasteiger partial charge in [0.05, 0.1) is 0 Å². The molecule has 0 aliphatic heterocycles. The minimum atomic E-state index is -0.800. The van der Waals surface area contributed by atoms with Crippen molar-refractivity contribution >= 4 is 0 Å². The lowest BCUT2D eigenvalue weighted by Gasteiger charge is -2.12. The summed E-state index contributed by atoms with van der Waals surface area (Å²) in [6.07, 6.45) is 1.52. The second-order valence-corrected chi connectivity index (χ2v) is 3.49. The van der Waals surface area contributed by atoms with Gasteiger partial charge in [-0.1, -0.05) is 25.5 Å². The fourth-order valence-corrected chi connectivity index (χ4v) is 1.41. The molecule has 0 bridgehead atoms. The van der Waals surface area contributed by atoms with Crippen molar-refractivity contribution in [2.75, 3.05) is 0 Å². The van der Waals surface area contributed by atoms with Gasteiger partial charge in [0.2, 0.25) is 0 Å². The lowest BCUT2D eigenvalue weighted by Crippen LogP contribution is -2.13. The molecule has 0 saturated carbocycles.